The molecule has 0 saturated heterocycles. The Balaban J connectivity index is 2.36. The van der Waals surface area contributed by atoms with Gasteiger partial charge in [-0.25, -0.2) is 4.39 Å². The molecule has 17 heavy (non-hydrogen) atoms. The highest BCUT2D eigenvalue weighted by atomic mass is 19.1. The maximum absolute atomic E-state index is 12.7. The zero-order valence-corrected chi connectivity index (χ0v) is 9.95. The molecule has 0 saturated carbocycles. The van der Waals surface area contributed by atoms with Crippen LogP contribution in [0, 0.1) is 5.82 Å². The van der Waals surface area contributed by atoms with Crippen molar-refractivity contribution in [2.75, 3.05) is 6.54 Å². The van der Waals surface area contributed by atoms with Crippen LogP contribution in [-0.2, 0) is 4.79 Å². The maximum atomic E-state index is 12.7. The Labute approximate surface area is 101 Å². The van der Waals surface area contributed by atoms with Crippen LogP contribution in [0.15, 0.2) is 24.3 Å². The number of nitrogens with one attached hydrogen (secondary N) is 1. The van der Waals surface area contributed by atoms with Gasteiger partial charge in [-0.3, -0.25) is 4.79 Å². The number of rotatable bonds is 6. The molecule has 0 aliphatic carbocycles. The summed E-state index contributed by atoms with van der Waals surface area (Å²) in [5, 5.41) is 12.4. The zero-order valence-electron chi connectivity index (χ0n) is 9.95. The first-order valence-corrected chi connectivity index (χ1v) is 5.83. The van der Waals surface area contributed by atoms with E-state index in [-0.39, 0.29) is 18.3 Å². The number of unbranched alkanes of at least 4 members (excludes halogenated alkanes) is 1. The first-order chi connectivity index (χ1) is 8.13. The highest BCUT2D eigenvalue weighted by molar-refractivity contribution is 5.75. The minimum atomic E-state index is -0.791. The van der Waals surface area contributed by atoms with Crippen molar-refractivity contribution in [3.8, 4) is 0 Å². The Morgan fingerprint density at radius 2 is 2.06 bits per heavy atom. The molecule has 1 amide bonds. The monoisotopic (exact) mass is 239 g/mol. The molecule has 0 spiro atoms. The topological polar surface area (TPSA) is 49.3 Å². The largest absolute Gasteiger partial charge is 0.387 e. The Hall–Kier alpha value is -1.42. The quantitative estimate of drug-likeness (QED) is 0.799. The Kier molecular flexibility index (Phi) is 5.63. The molecule has 1 rings (SSSR count). The second-order valence-electron chi connectivity index (χ2n) is 3.97. The van der Waals surface area contributed by atoms with Crippen molar-refractivity contribution in [3.63, 3.8) is 0 Å². The lowest BCUT2D eigenvalue weighted by Gasteiger charge is -2.12. The van der Waals surface area contributed by atoms with Crippen molar-refractivity contribution >= 4 is 5.91 Å². The van der Waals surface area contributed by atoms with Gasteiger partial charge >= 0.3 is 0 Å². The predicted molar refractivity (Wildman–Crippen MR) is 63.9 cm³/mol. The van der Waals surface area contributed by atoms with Crippen molar-refractivity contribution in [1.29, 1.82) is 0 Å². The Morgan fingerprint density at radius 1 is 1.41 bits per heavy atom. The fourth-order valence-corrected chi connectivity index (χ4v) is 1.44. The van der Waals surface area contributed by atoms with Gasteiger partial charge in [0, 0.05) is 13.0 Å². The van der Waals surface area contributed by atoms with Crippen molar-refractivity contribution in [2.24, 2.45) is 0 Å². The lowest BCUT2D eigenvalue weighted by molar-refractivity contribution is -0.121. The van der Waals surface area contributed by atoms with Crippen LogP contribution in [0.2, 0.25) is 0 Å². The number of aliphatic hydroxyl groups is 1. The van der Waals surface area contributed by atoms with Crippen molar-refractivity contribution < 1.29 is 14.3 Å². The van der Waals surface area contributed by atoms with E-state index in [2.05, 4.69) is 5.32 Å². The van der Waals surface area contributed by atoms with Crippen molar-refractivity contribution in [3.05, 3.63) is 35.6 Å². The van der Waals surface area contributed by atoms with Gasteiger partial charge in [-0.05, 0) is 24.1 Å². The highest BCUT2D eigenvalue weighted by Crippen LogP contribution is 2.12. The molecule has 94 valence electrons. The first-order valence-electron chi connectivity index (χ1n) is 5.83. The average molecular weight is 239 g/mol. The van der Waals surface area contributed by atoms with E-state index in [0.717, 1.165) is 12.8 Å². The third-order valence-electron chi connectivity index (χ3n) is 2.50. The first kappa shape index (κ1) is 13.6. The van der Waals surface area contributed by atoms with Gasteiger partial charge in [-0.2, -0.15) is 0 Å². The van der Waals surface area contributed by atoms with E-state index < -0.39 is 6.10 Å². The van der Waals surface area contributed by atoms with E-state index >= 15 is 0 Å². The lowest BCUT2D eigenvalue weighted by Crippen LogP contribution is -2.28. The summed E-state index contributed by atoms with van der Waals surface area (Å²) in [6.07, 6.45) is 1.50. The summed E-state index contributed by atoms with van der Waals surface area (Å²) in [6, 6.07) is 5.60. The van der Waals surface area contributed by atoms with E-state index in [0.29, 0.717) is 12.0 Å². The maximum Gasteiger partial charge on any atom is 0.220 e. The highest BCUT2D eigenvalue weighted by Gasteiger charge is 2.09. The molecular formula is C13H18FNO2. The van der Waals surface area contributed by atoms with Gasteiger partial charge in [0.05, 0.1) is 6.10 Å². The molecule has 1 unspecified atom stereocenters. The van der Waals surface area contributed by atoms with Crippen molar-refractivity contribution in [1.82, 2.24) is 5.32 Å². The number of carbonyl (C=O) groups is 1. The molecule has 2 N–H and O–H groups in total. The summed E-state index contributed by atoms with van der Waals surface area (Å²) in [5.41, 5.74) is 0.599. The van der Waals surface area contributed by atoms with Crippen LogP contribution in [0.4, 0.5) is 4.39 Å². The molecule has 0 fully saturated rings. The summed E-state index contributed by atoms with van der Waals surface area (Å²) in [7, 11) is 0. The number of hydrogen-bond acceptors (Lipinski definition) is 2. The number of carbonyl (C=O) groups excluding carboxylic acids is 1. The molecule has 0 bridgehead atoms. The van der Waals surface area contributed by atoms with E-state index in [1.807, 2.05) is 6.92 Å². The third-order valence-corrected chi connectivity index (χ3v) is 2.50. The van der Waals surface area contributed by atoms with Gasteiger partial charge < -0.3 is 10.4 Å². The van der Waals surface area contributed by atoms with Gasteiger partial charge in [0.2, 0.25) is 5.91 Å². The van der Waals surface area contributed by atoms with E-state index in [1.54, 1.807) is 0 Å². The molecule has 4 heteroatoms. The van der Waals surface area contributed by atoms with Crippen molar-refractivity contribution in [2.45, 2.75) is 32.3 Å². The number of benzene rings is 1. The summed E-state index contributed by atoms with van der Waals surface area (Å²) in [6.45, 7) is 2.18. The van der Waals surface area contributed by atoms with Gasteiger partial charge in [-0.15, -0.1) is 0 Å². The molecule has 3 nitrogen and oxygen atoms in total. The molecule has 1 atom stereocenters. The van der Waals surface area contributed by atoms with Crippen LogP contribution in [0.1, 0.15) is 37.9 Å². The minimum Gasteiger partial charge on any atom is -0.387 e. The van der Waals surface area contributed by atoms with Crippen LogP contribution >= 0.6 is 0 Å². The normalized spacial score (nSPS) is 12.2. The summed E-state index contributed by atoms with van der Waals surface area (Å²) in [4.78, 5) is 11.3. The average Bonchev–Trinajstić information content (AvgIpc) is 2.34. The van der Waals surface area contributed by atoms with E-state index in [4.69, 9.17) is 0 Å². The predicted octanol–water partition coefficient (Wildman–Crippen LogP) is 2.17. The van der Waals surface area contributed by atoms with Crippen LogP contribution in [-0.4, -0.2) is 17.6 Å². The second kappa shape index (κ2) is 7.01. The molecule has 0 aliphatic rings. The SMILES string of the molecule is CCCCC(=O)NCC(O)c1ccc(F)cc1. The molecule has 0 aliphatic heterocycles. The fourth-order valence-electron chi connectivity index (χ4n) is 1.44. The smallest absolute Gasteiger partial charge is 0.220 e. The number of amides is 1. The fraction of sp³-hybridized carbons (Fsp3) is 0.462. The molecule has 1 aromatic carbocycles. The number of aliphatic hydroxyl groups excluding tert-OH is 1. The second-order valence-corrected chi connectivity index (χ2v) is 3.97. The standard InChI is InChI=1S/C13H18FNO2/c1-2-3-4-13(17)15-9-12(16)10-5-7-11(14)8-6-10/h5-8,12,16H,2-4,9H2,1H3,(H,15,17). The zero-order chi connectivity index (χ0) is 12.7. The molecule has 0 radical (unpaired) electrons. The van der Waals surface area contributed by atoms with Gasteiger partial charge in [0.15, 0.2) is 0 Å². The molecular weight excluding hydrogens is 221 g/mol. The molecule has 1 aromatic rings. The van der Waals surface area contributed by atoms with Gasteiger partial charge in [-0.1, -0.05) is 25.5 Å². The number of halogens is 1. The van der Waals surface area contributed by atoms with Crippen LogP contribution in [0.3, 0.4) is 0 Å². The number of hydrogen-bond donors (Lipinski definition) is 2. The van der Waals surface area contributed by atoms with Gasteiger partial charge in [0.25, 0.3) is 0 Å². The lowest BCUT2D eigenvalue weighted by atomic mass is 10.1. The summed E-state index contributed by atoms with van der Waals surface area (Å²) >= 11 is 0. The van der Waals surface area contributed by atoms with Crippen LogP contribution in [0.5, 0.6) is 0 Å². The summed E-state index contributed by atoms with van der Waals surface area (Å²) in [5.74, 6) is -0.402. The Bertz CT molecular complexity index is 351. The molecule has 0 heterocycles. The van der Waals surface area contributed by atoms with Gasteiger partial charge in [0.1, 0.15) is 5.82 Å². The molecule has 0 aromatic heterocycles. The third kappa shape index (κ3) is 4.95. The van der Waals surface area contributed by atoms with E-state index in [9.17, 15) is 14.3 Å². The van der Waals surface area contributed by atoms with Crippen LogP contribution in [0.25, 0.3) is 0 Å². The van der Waals surface area contributed by atoms with Crippen LogP contribution < -0.4 is 5.32 Å². The Morgan fingerprint density at radius 3 is 2.65 bits per heavy atom. The minimum absolute atomic E-state index is 0.0620. The summed E-state index contributed by atoms with van der Waals surface area (Å²) < 4.78 is 12.7. The van der Waals surface area contributed by atoms with E-state index in [1.165, 1.54) is 24.3 Å².